The molecule has 0 bridgehead atoms. The Hall–Kier alpha value is -1.19. The van der Waals surface area contributed by atoms with Crippen molar-refractivity contribution in [3.05, 3.63) is 12.0 Å². The molecule has 1 atom stereocenters. The Labute approximate surface area is 58.7 Å². The van der Waals surface area contributed by atoms with Crippen molar-refractivity contribution < 1.29 is 14.6 Å². The molecule has 1 aliphatic heterocycles. The zero-order valence-corrected chi connectivity index (χ0v) is 5.87. The van der Waals surface area contributed by atoms with Gasteiger partial charge >= 0.3 is 5.97 Å². The van der Waals surface area contributed by atoms with Crippen LogP contribution in [0.4, 0.5) is 0 Å². The lowest BCUT2D eigenvalue weighted by Gasteiger charge is -2.14. The highest BCUT2D eigenvalue weighted by molar-refractivity contribution is 5.72. The Morgan fingerprint density at radius 1 is 1.90 bits per heavy atom. The lowest BCUT2D eigenvalue weighted by molar-refractivity contribution is -0.152. The Kier molecular flexibility index (Phi) is 1.53. The lowest BCUT2D eigenvalue weighted by Crippen LogP contribution is -2.32. The number of carboxylic acid groups (broad SMARTS) is 1. The second-order valence-electron chi connectivity index (χ2n) is 2.21. The lowest BCUT2D eigenvalue weighted by atomic mass is 10.5. The van der Waals surface area contributed by atoms with Crippen molar-refractivity contribution in [2.75, 3.05) is 7.05 Å². The molecule has 10 heavy (non-hydrogen) atoms. The summed E-state index contributed by atoms with van der Waals surface area (Å²) in [5.41, 5.74) is 0. The third-order valence-electron chi connectivity index (χ3n) is 1.26. The van der Waals surface area contributed by atoms with Crippen molar-refractivity contribution in [2.45, 2.75) is 13.2 Å². The summed E-state index contributed by atoms with van der Waals surface area (Å²) in [6.45, 7) is 1.72. The number of nitrogens with zero attached hydrogens (tertiary/aromatic N) is 1. The molecule has 1 aliphatic rings. The van der Waals surface area contributed by atoms with E-state index in [0.717, 1.165) is 0 Å². The van der Waals surface area contributed by atoms with Gasteiger partial charge in [0.15, 0.2) is 0 Å². The summed E-state index contributed by atoms with van der Waals surface area (Å²) in [5.74, 6) is -0.328. The average molecular weight is 143 g/mol. The van der Waals surface area contributed by atoms with Gasteiger partial charge in [-0.25, -0.2) is 4.79 Å². The van der Waals surface area contributed by atoms with Crippen LogP contribution in [0.3, 0.4) is 0 Å². The molecule has 0 saturated heterocycles. The maximum Gasteiger partial charge on any atom is 0.366 e. The van der Waals surface area contributed by atoms with Gasteiger partial charge in [-0.1, -0.05) is 0 Å². The van der Waals surface area contributed by atoms with E-state index < -0.39 is 12.2 Å². The van der Waals surface area contributed by atoms with Crippen molar-refractivity contribution in [1.29, 1.82) is 0 Å². The van der Waals surface area contributed by atoms with Crippen molar-refractivity contribution in [3.8, 4) is 0 Å². The van der Waals surface area contributed by atoms with Crippen molar-refractivity contribution in [2.24, 2.45) is 0 Å². The van der Waals surface area contributed by atoms with E-state index in [-0.39, 0.29) is 0 Å². The van der Waals surface area contributed by atoms with Crippen LogP contribution >= 0.6 is 0 Å². The van der Waals surface area contributed by atoms with Gasteiger partial charge in [-0.2, -0.15) is 0 Å². The van der Waals surface area contributed by atoms with Gasteiger partial charge in [-0.3, -0.25) is 0 Å². The Morgan fingerprint density at radius 3 is 2.70 bits per heavy atom. The molecule has 0 radical (unpaired) electrons. The number of hydrogen-bond donors (Lipinski definition) is 1. The molecule has 0 aromatic carbocycles. The van der Waals surface area contributed by atoms with Gasteiger partial charge in [0.25, 0.3) is 6.23 Å². The predicted octanol–water partition coefficient (Wildman–Crippen LogP) is 0.220. The summed E-state index contributed by atoms with van der Waals surface area (Å²) in [6, 6.07) is 0. The van der Waals surface area contributed by atoms with E-state index in [0.29, 0.717) is 5.76 Å². The summed E-state index contributed by atoms with van der Waals surface area (Å²) >= 11 is 0. The number of allylic oxidation sites excluding steroid dienone is 1. The predicted molar refractivity (Wildman–Crippen MR) is 34.0 cm³/mol. The van der Waals surface area contributed by atoms with E-state index in [2.05, 4.69) is 0 Å². The number of hydrogen-bond acceptors (Lipinski definition) is 3. The second kappa shape index (κ2) is 2.21. The fraction of sp³-hybridized carbons (Fsp3) is 0.500. The normalized spacial score (nSPS) is 24.0. The fourth-order valence-electron chi connectivity index (χ4n) is 0.869. The van der Waals surface area contributed by atoms with Crippen molar-refractivity contribution in [3.63, 3.8) is 0 Å². The molecular formula is C6H9NO3. The highest BCUT2D eigenvalue weighted by Crippen LogP contribution is 2.14. The maximum atomic E-state index is 10.4. The van der Waals surface area contributed by atoms with Gasteiger partial charge in [0, 0.05) is 13.2 Å². The molecule has 0 fully saturated rings. The first-order valence-electron chi connectivity index (χ1n) is 2.91. The molecular weight excluding hydrogens is 134 g/mol. The summed E-state index contributed by atoms with van der Waals surface area (Å²) in [5, 5.41) is 8.50. The van der Waals surface area contributed by atoms with Crippen LogP contribution in [0.1, 0.15) is 6.92 Å². The van der Waals surface area contributed by atoms with Crippen LogP contribution in [-0.2, 0) is 9.53 Å². The van der Waals surface area contributed by atoms with Crippen molar-refractivity contribution >= 4 is 5.97 Å². The van der Waals surface area contributed by atoms with Gasteiger partial charge in [0.05, 0.1) is 0 Å². The largest absolute Gasteiger partial charge is 0.477 e. The fourth-order valence-corrected chi connectivity index (χ4v) is 0.869. The first-order chi connectivity index (χ1) is 4.61. The van der Waals surface area contributed by atoms with Gasteiger partial charge in [0.2, 0.25) is 0 Å². The molecule has 4 nitrogen and oxygen atoms in total. The van der Waals surface area contributed by atoms with E-state index in [1.165, 1.54) is 4.90 Å². The molecule has 1 rings (SSSR count). The third kappa shape index (κ3) is 1.05. The van der Waals surface area contributed by atoms with Crippen LogP contribution in [0.15, 0.2) is 12.0 Å². The Balaban J connectivity index is 2.63. The van der Waals surface area contributed by atoms with Gasteiger partial charge in [0.1, 0.15) is 5.76 Å². The van der Waals surface area contributed by atoms with Gasteiger partial charge in [-0.05, 0) is 6.92 Å². The highest BCUT2D eigenvalue weighted by atomic mass is 16.5. The number of carboxylic acids is 1. The molecule has 4 heteroatoms. The van der Waals surface area contributed by atoms with Crippen LogP contribution in [0.5, 0.6) is 0 Å². The first kappa shape index (κ1) is 6.92. The molecule has 0 saturated carbocycles. The standard InChI is InChI=1S/C6H9NO3/c1-4-3-7(2)5(10-4)6(8)9/h3,5H,1-2H3,(H,8,9). The zero-order chi connectivity index (χ0) is 7.72. The number of aliphatic carboxylic acids is 1. The van der Waals surface area contributed by atoms with Crippen LogP contribution in [0.25, 0.3) is 0 Å². The molecule has 0 aliphatic carbocycles. The summed E-state index contributed by atoms with van der Waals surface area (Å²) in [4.78, 5) is 11.9. The third-order valence-corrected chi connectivity index (χ3v) is 1.26. The monoisotopic (exact) mass is 143 g/mol. The number of rotatable bonds is 1. The maximum absolute atomic E-state index is 10.4. The Morgan fingerprint density at radius 2 is 2.50 bits per heavy atom. The highest BCUT2D eigenvalue weighted by Gasteiger charge is 2.27. The number of carbonyl (C=O) groups is 1. The first-order valence-corrected chi connectivity index (χ1v) is 2.91. The molecule has 1 unspecified atom stereocenters. The second-order valence-corrected chi connectivity index (χ2v) is 2.21. The number of ether oxygens (including phenoxy) is 1. The zero-order valence-electron chi connectivity index (χ0n) is 5.87. The van der Waals surface area contributed by atoms with Crippen molar-refractivity contribution in [1.82, 2.24) is 4.90 Å². The minimum absolute atomic E-state index is 0.634. The van der Waals surface area contributed by atoms with Gasteiger partial charge < -0.3 is 14.7 Å². The SMILES string of the molecule is CC1=CN(C)C(C(=O)O)O1. The van der Waals surface area contributed by atoms with Crippen LogP contribution in [0, 0.1) is 0 Å². The summed E-state index contributed by atoms with van der Waals surface area (Å²) in [6.07, 6.45) is 0.818. The summed E-state index contributed by atoms with van der Waals surface area (Å²) in [7, 11) is 1.66. The number of likely N-dealkylation sites (N-methyl/N-ethyl adjacent to an activating group) is 1. The van der Waals surface area contributed by atoms with E-state index in [1.54, 1.807) is 20.2 Å². The molecule has 0 aromatic rings. The minimum atomic E-state index is -0.962. The molecule has 1 N–H and O–H groups in total. The molecule has 1 heterocycles. The van der Waals surface area contributed by atoms with Crippen LogP contribution in [-0.4, -0.2) is 29.3 Å². The molecule has 56 valence electrons. The topological polar surface area (TPSA) is 49.8 Å². The van der Waals surface area contributed by atoms with Crippen LogP contribution < -0.4 is 0 Å². The smallest absolute Gasteiger partial charge is 0.366 e. The Bertz CT molecular complexity index is 187. The average Bonchev–Trinajstić information content (AvgIpc) is 2.10. The molecule has 0 amide bonds. The molecule has 0 aromatic heterocycles. The van der Waals surface area contributed by atoms with Gasteiger partial charge in [-0.15, -0.1) is 0 Å². The minimum Gasteiger partial charge on any atom is -0.477 e. The van der Waals surface area contributed by atoms with E-state index >= 15 is 0 Å². The molecule has 0 spiro atoms. The van der Waals surface area contributed by atoms with E-state index in [1.807, 2.05) is 0 Å². The quantitative estimate of drug-likeness (QED) is 0.570. The van der Waals surface area contributed by atoms with E-state index in [9.17, 15) is 4.79 Å². The van der Waals surface area contributed by atoms with Crippen LogP contribution in [0.2, 0.25) is 0 Å². The summed E-state index contributed by atoms with van der Waals surface area (Å²) < 4.78 is 4.92. The van der Waals surface area contributed by atoms with E-state index in [4.69, 9.17) is 9.84 Å².